The molecule has 0 aliphatic rings. The van der Waals surface area contributed by atoms with Gasteiger partial charge >= 0.3 is 0 Å². The van der Waals surface area contributed by atoms with Crippen molar-refractivity contribution in [3.8, 4) is 0 Å². The smallest absolute Gasteiger partial charge is 0.267 e. The summed E-state index contributed by atoms with van der Waals surface area (Å²) in [6, 6.07) is 5.35. The molecule has 2 heterocycles. The van der Waals surface area contributed by atoms with E-state index in [1.165, 1.54) is 6.92 Å². The maximum Gasteiger partial charge on any atom is 0.267 e. The highest BCUT2D eigenvalue weighted by Crippen LogP contribution is 2.08. The largest absolute Gasteiger partial charge is 0.469 e. The van der Waals surface area contributed by atoms with Crippen molar-refractivity contribution < 1.29 is 14.0 Å². The monoisotopic (exact) mass is 274 g/mol. The lowest BCUT2D eigenvalue weighted by Crippen LogP contribution is -2.33. The second-order valence-electron chi connectivity index (χ2n) is 4.85. The average Bonchev–Trinajstić information content (AvgIpc) is 3.07. The molecule has 0 aliphatic carbocycles. The number of carbonyl (C=O) groups is 2. The van der Waals surface area contributed by atoms with Gasteiger partial charge in [-0.3, -0.25) is 9.59 Å². The molecule has 0 spiro atoms. The van der Waals surface area contributed by atoms with Gasteiger partial charge in [0.15, 0.2) is 5.78 Å². The summed E-state index contributed by atoms with van der Waals surface area (Å²) in [5.41, 5.74) is 0.915. The molecular formula is C15H18N2O3. The van der Waals surface area contributed by atoms with Crippen LogP contribution in [0.5, 0.6) is 0 Å². The fraction of sp³-hybridized carbons (Fsp3) is 0.333. The molecule has 0 bridgehead atoms. The summed E-state index contributed by atoms with van der Waals surface area (Å²) in [7, 11) is 0. The minimum atomic E-state index is -0.204. The Kier molecular flexibility index (Phi) is 4.40. The van der Waals surface area contributed by atoms with Gasteiger partial charge in [-0.1, -0.05) is 0 Å². The Hall–Kier alpha value is -2.30. The highest BCUT2D eigenvalue weighted by atomic mass is 16.3. The number of aromatic nitrogens is 1. The first-order valence-corrected chi connectivity index (χ1v) is 6.59. The molecule has 0 saturated heterocycles. The second-order valence-corrected chi connectivity index (χ2v) is 4.85. The molecule has 0 radical (unpaired) electrons. The second kappa shape index (κ2) is 6.23. The first-order chi connectivity index (χ1) is 9.56. The number of carbonyl (C=O) groups excluding carboxylic acids is 2. The molecule has 20 heavy (non-hydrogen) atoms. The topological polar surface area (TPSA) is 75.1 Å². The fourth-order valence-corrected chi connectivity index (χ4v) is 1.92. The molecule has 2 aromatic heterocycles. The fourth-order valence-electron chi connectivity index (χ4n) is 1.92. The average molecular weight is 274 g/mol. The number of ketones is 1. The maximum absolute atomic E-state index is 12.0. The third-order valence-corrected chi connectivity index (χ3v) is 3.12. The lowest BCUT2D eigenvalue weighted by atomic mass is 10.1. The summed E-state index contributed by atoms with van der Waals surface area (Å²) in [5.74, 6) is 0.639. The van der Waals surface area contributed by atoms with Gasteiger partial charge in [-0.05, 0) is 38.5 Å². The number of Topliss-reactive ketones (excluding diaryl/α,β-unsaturated/α-hetero) is 1. The van der Waals surface area contributed by atoms with E-state index in [1.807, 2.05) is 19.1 Å². The van der Waals surface area contributed by atoms with E-state index < -0.39 is 0 Å². The van der Waals surface area contributed by atoms with E-state index >= 15 is 0 Å². The minimum Gasteiger partial charge on any atom is -0.469 e. The van der Waals surface area contributed by atoms with Gasteiger partial charge in [0, 0.05) is 24.2 Å². The molecule has 0 fully saturated rings. The molecule has 1 amide bonds. The summed E-state index contributed by atoms with van der Waals surface area (Å²) in [4.78, 5) is 26.0. The number of furan rings is 1. The van der Waals surface area contributed by atoms with Gasteiger partial charge in [-0.15, -0.1) is 0 Å². The Morgan fingerprint density at radius 1 is 1.45 bits per heavy atom. The molecule has 0 aromatic carbocycles. The van der Waals surface area contributed by atoms with E-state index in [1.54, 1.807) is 18.5 Å². The molecule has 2 aromatic rings. The Morgan fingerprint density at radius 2 is 2.25 bits per heavy atom. The van der Waals surface area contributed by atoms with Gasteiger partial charge in [0.05, 0.1) is 6.26 Å². The van der Waals surface area contributed by atoms with Crippen molar-refractivity contribution in [3.05, 3.63) is 47.7 Å². The van der Waals surface area contributed by atoms with E-state index in [0.717, 1.165) is 18.6 Å². The molecule has 2 N–H and O–H groups in total. The lowest BCUT2D eigenvalue weighted by molar-refractivity contribution is 0.0933. The van der Waals surface area contributed by atoms with Crippen molar-refractivity contribution in [2.24, 2.45) is 0 Å². The zero-order valence-electron chi connectivity index (χ0n) is 11.6. The Balaban J connectivity index is 1.85. The van der Waals surface area contributed by atoms with Crippen molar-refractivity contribution >= 4 is 11.7 Å². The van der Waals surface area contributed by atoms with Crippen molar-refractivity contribution in [3.63, 3.8) is 0 Å². The van der Waals surface area contributed by atoms with Crippen molar-refractivity contribution in [1.29, 1.82) is 0 Å². The van der Waals surface area contributed by atoms with E-state index in [4.69, 9.17) is 4.42 Å². The zero-order valence-corrected chi connectivity index (χ0v) is 11.6. The highest BCUT2D eigenvalue weighted by Gasteiger charge is 2.13. The Labute approximate surface area is 117 Å². The van der Waals surface area contributed by atoms with Gasteiger partial charge in [0.25, 0.3) is 5.91 Å². The first kappa shape index (κ1) is 14.1. The molecule has 1 atom stereocenters. The van der Waals surface area contributed by atoms with Gasteiger partial charge < -0.3 is 14.7 Å². The summed E-state index contributed by atoms with van der Waals surface area (Å²) >= 11 is 0. The van der Waals surface area contributed by atoms with Crippen molar-refractivity contribution in [1.82, 2.24) is 10.3 Å². The minimum absolute atomic E-state index is 0.0247. The van der Waals surface area contributed by atoms with Gasteiger partial charge in [-0.25, -0.2) is 0 Å². The van der Waals surface area contributed by atoms with E-state index in [9.17, 15) is 9.59 Å². The molecule has 106 valence electrons. The van der Waals surface area contributed by atoms with Crippen LogP contribution in [0.1, 0.15) is 46.9 Å². The lowest BCUT2D eigenvalue weighted by Gasteiger charge is -2.12. The number of aryl methyl sites for hydroxylation is 1. The van der Waals surface area contributed by atoms with Crippen LogP contribution in [0.3, 0.4) is 0 Å². The molecule has 1 unspecified atom stereocenters. The molecule has 0 saturated carbocycles. The number of nitrogens with one attached hydrogen (secondary N) is 2. The third-order valence-electron chi connectivity index (χ3n) is 3.12. The molecule has 0 aliphatic heterocycles. The summed E-state index contributed by atoms with van der Waals surface area (Å²) in [6.07, 6.45) is 4.75. The van der Waals surface area contributed by atoms with E-state index in [0.29, 0.717) is 11.3 Å². The van der Waals surface area contributed by atoms with Gasteiger partial charge in [-0.2, -0.15) is 0 Å². The van der Waals surface area contributed by atoms with Crippen LogP contribution in [0.25, 0.3) is 0 Å². The van der Waals surface area contributed by atoms with E-state index in [2.05, 4.69) is 10.3 Å². The predicted octanol–water partition coefficient (Wildman–Crippen LogP) is 2.56. The standard InChI is InChI=1S/C15H18N2O3/c1-10(5-6-13-4-3-7-20-13)17-15(19)14-8-12(9-16-14)11(2)18/h3-4,7-10,16H,5-6H2,1-2H3,(H,17,19). The number of aromatic amines is 1. The van der Waals surface area contributed by atoms with Gasteiger partial charge in [0.1, 0.15) is 11.5 Å². The Morgan fingerprint density at radius 3 is 2.85 bits per heavy atom. The van der Waals surface area contributed by atoms with Crippen LogP contribution in [-0.4, -0.2) is 22.7 Å². The van der Waals surface area contributed by atoms with Crippen LogP contribution < -0.4 is 5.32 Å². The number of hydrogen-bond donors (Lipinski definition) is 2. The van der Waals surface area contributed by atoms with E-state index in [-0.39, 0.29) is 17.7 Å². The third kappa shape index (κ3) is 3.60. The Bertz CT molecular complexity index is 584. The van der Waals surface area contributed by atoms with Gasteiger partial charge in [0.2, 0.25) is 0 Å². The number of amides is 1. The van der Waals surface area contributed by atoms with Crippen LogP contribution in [0.4, 0.5) is 0 Å². The highest BCUT2D eigenvalue weighted by molar-refractivity contribution is 5.99. The summed E-state index contributed by atoms with van der Waals surface area (Å²) in [6.45, 7) is 3.41. The predicted molar refractivity (Wildman–Crippen MR) is 74.8 cm³/mol. The molecule has 2 rings (SSSR count). The normalized spacial score (nSPS) is 12.1. The first-order valence-electron chi connectivity index (χ1n) is 6.59. The van der Waals surface area contributed by atoms with Crippen molar-refractivity contribution in [2.75, 3.05) is 0 Å². The quantitative estimate of drug-likeness (QED) is 0.795. The van der Waals surface area contributed by atoms with Crippen LogP contribution in [-0.2, 0) is 6.42 Å². The van der Waals surface area contributed by atoms with Crippen molar-refractivity contribution in [2.45, 2.75) is 32.7 Å². The number of rotatable bonds is 6. The summed E-state index contributed by atoms with van der Waals surface area (Å²) < 4.78 is 5.25. The van der Waals surface area contributed by atoms with Crippen LogP contribution >= 0.6 is 0 Å². The SMILES string of the molecule is CC(=O)c1c[nH]c(C(=O)NC(C)CCc2ccco2)c1. The maximum atomic E-state index is 12.0. The molecule has 5 heteroatoms. The number of hydrogen-bond acceptors (Lipinski definition) is 3. The number of H-pyrrole nitrogens is 1. The van der Waals surface area contributed by atoms with Crippen LogP contribution in [0.15, 0.2) is 35.1 Å². The van der Waals surface area contributed by atoms with Crippen LogP contribution in [0.2, 0.25) is 0 Å². The van der Waals surface area contributed by atoms with Crippen LogP contribution in [0, 0.1) is 0 Å². The molecular weight excluding hydrogens is 256 g/mol. The summed E-state index contributed by atoms with van der Waals surface area (Å²) in [5, 5.41) is 2.89. The molecule has 5 nitrogen and oxygen atoms in total. The zero-order chi connectivity index (χ0) is 14.5.